The van der Waals surface area contributed by atoms with Gasteiger partial charge in [0.1, 0.15) is 12.2 Å². The predicted octanol–water partition coefficient (Wildman–Crippen LogP) is 1.34. The van der Waals surface area contributed by atoms with Gasteiger partial charge in [0.2, 0.25) is 5.75 Å². The Kier molecular flexibility index (Phi) is 2.38. The summed E-state index contributed by atoms with van der Waals surface area (Å²) in [7, 11) is 2.18. The highest BCUT2D eigenvalue weighted by atomic mass is 17.1. The van der Waals surface area contributed by atoms with Crippen molar-refractivity contribution in [2.45, 2.75) is 36.5 Å². The van der Waals surface area contributed by atoms with Crippen LogP contribution in [0.15, 0.2) is 24.3 Å². The zero-order valence-electron chi connectivity index (χ0n) is 12.4. The topological polar surface area (TPSA) is 62.2 Å². The number of piperidine rings is 1. The first-order valence-corrected chi connectivity index (χ1v) is 7.88. The van der Waals surface area contributed by atoms with Crippen LogP contribution in [-0.4, -0.2) is 47.1 Å². The van der Waals surface area contributed by atoms with Crippen molar-refractivity contribution < 1.29 is 20.0 Å². The number of nitrogens with zero attached hydrogens (tertiary/aromatic N) is 1. The highest BCUT2D eigenvalue weighted by Crippen LogP contribution is 2.62. The van der Waals surface area contributed by atoms with Gasteiger partial charge in [-0.2, -0.15) is 0 Å². The lowest BCUT2D eigenvalue weighted by molar-refractivity contribution is -0.139. The minimum atomic E-state index is -0.620. The number of likely N-dealkylation sites (tertiary alicyclic amines) is 1. The Bertz CT molecular complexity index is 687. The van der Waals surface area contributed by atoms with Crippen LogP contribution < -0.4 is 9.62 Å². The lowest BCUT2D eigenvalue weighted by Crippen LogP contribution is -2.64. The first-order valence-electron chi connectivity index (χ1n) is 7.88. The van der Waals surface area contributed by atoms with Gasteiger partial charge in [-0.05, 0) is 38.1 Å². The molecule has 1 aromatic rings. The largest absolute Gasteiger partial charge is 0.482 e. The van der Waals surface area contributed by atoms with E-state index in [1.807, 2.05) is 12.1 Å². The fraction of sp³-hybridized carbons (Fsp3) is 0.529. The number of hydrogen-bond acceptors (Lipinski definition) is 5. The molecule has 0 amide bonds. The lowest BCUT2D eigenvalue weighted by Gasteiger charge is -2.56. The van der Waals surface area contributed by atoms with Crippen LogP contribution >= 0.6 is 0 Å². The molecule has 0 aromatic heterocycles. The molecule has 4 aliphatic rings. The van der Waals surface area contributed by atoms with Crippen LogP contribution in [0.3, 0.4) is 0 Å². The monoisotopic (exact) mass is 301 g/mol. The average molecular weight is 301 g/mol. The van der Waals surface area contributed by atoms with Crippen LogP contribution in [0.5, 0.6) is 11.5 Å². The molecule has 1 saturated heterocycles. The standard InChI is InChI=1S/C17H19NO4/c1-18-7-6-17-10-3-4-12(19)16(17)21-15-13(22-20)5-2-9(14(15)17)8-11(10)18/h2-5,10-12,16,19-20H,6-8H2,1H3/t10-,11+,12-,16-,17-/m0/s1. The number of hydrogen-bond donors (Lipinski definition) is 2. The molecule has 0 unspecified atom stereocenters. The first-order chi connectivity index (χ1) is 10.7. The highest BCUT2D eigenvalue weighted by Gasteiger charge is 2.64. The number of likely N-dealkylation sites (N-methyl/N-ethyl adjacent to an activating group) is 1. The molecule has 0 radical (unpaired) electrons. The van der Waals surface area contributed by atoms with Gasteiger partial charge in [0.15, 0.2) is 5.75 Å². The summed E-state index contributed by atoms with van der Waals surface area (Å²) in [6, 6.07) is 4.23. The van der Waals surface area contributed by atoms with Gasteiger partial charge in [-0.25, -0.2) is 5.26 Å². The summed E-state index contributed by atoms with van der Waals surface area (Å²) in [5.74, 6) is 1.31. The van der Waals surface area contributed by atoms with Crippen molar-refractivity contribution in [3.8, 4) is 11.5 Å². The molecule has 22 heavy (non-hydrogen) atoms. The molecule has 116 valence electrons. The number of benzene rings is 1. The number of aliphatic hydroxyl groups is 1. The van der Waals surface area contributed by atoms with Crippen LogP contribution in [0.2, 0.25) is 0 Å². The molecule has 5 heteroatoms. The van der Waals surface area contributed by atoms with E-state index in [4.69, 9.17) is 4.74 Å². The molecule has 5 atom stereocenters. The third-order valence-corrected chi connectivity index (χ3v) is 6.23. The van der Waals surface area contributed by atoms with Crippen molar-refractivity contribution in [2.24, 2.45) is 5.92 Å². The Morgan fingerprint density at radius 3 is 3.05 bits per heavy atom. The van der Waals surface area contributed by atoms with Gasteiger partial charge < -0.3 is 19.6 Å². The molecule has 1 aromatic carbocycles. The van der Waals surface area contributed by atoms with Gasteiger partial charge in [0.25, 0.3) is 0 Å². The quantitative estimate of drug-likeness (QED) is 0.466. The summed E-state index contributed by atoms with van der Waals surface area (Å²) in [6.07, 6.45) is 5.05. The second-order valence-corrected chi connectivity index (χ2v) is 7.00. The summed E-state index contributed by atoms with van der Waals surface area (Å²) in [6.45, 7) is 0.991. The van der Waals surface area contributed by atoms with Crippen LogP contribution in [0.4, 0.5) is 0 Å². The summed E-state index contributed by atoms with van der Waals surface area (Å²) in [5.41, 5.74) is 2.22. The van der Waals surface area contributed by atoms with Crippen molar-refractivity contribution in [1.82, 2.24) is 4.90 Å². The van der Waals surface area contributed by atoms with E-state index >= 15 is 0 Å². The average Bonchev–Trinajstić information content (AvgIpc) is 2.88. The SMILES string of the molecule is CN1CC[C@]23c4c5ccc(OO)c4O[C@H]2[C@@H](O)C=C[C@H]3[C@H]1C5. The molecule has 1 spiro atoms. The molecule has 2 aliphatic heterocycles. The summed E-state index contributed by atoms with van der Waals surface area (Å²) in [4.78, 5) is 6.95. The number of ether oxygens (including phenoxy) is 1. The minimum absolute atomic E-state index is 0.192. The predicted molar refractivity (Wildman–Crippen MR) is 79.2 cm³/mol. The summed E-state index contributed by atoms with van der Waals surface area (Å²) in [5, 5.41) is 19.7. The highest BCUT2D eigenvalue weighted by molar-refractivity contribution is 5.62. The molecule has 1 fully saturated rings. The van der Waals surface area contributed by atoms with E-state index in [1.165, 1.54) is 5.56 Å². The second kappa shape index (κ2) is 4.04. The molecule has 0 saturated carbocycles. The van der Waals surface area contributed by atoms with E-state index in [0.29, 0.717) is 23.5 Å². The smallest absolute Gasteiger partial charge is 0.207 e. The van der Waals surface area contributed by atoms with Crippen molar-refractivity contribution in [1.29, 1.82) is 0 Å². The number of rotatable bonds is 1. The molecule has 2 heterocycles. The maximum atomic E-state index is 10.5. The van der Waals surface area contributed by atoms with Gasteiger partial charge in [0, 0.05) is 22.9 Å². The molecule has 2 bridgehead atoms. The Morgan fingerprint density at radius 2 is 2.23 bits per heavy atom. The van der Waals surface area contributed by atoms with Gasteiger partial charge >= 0.3 is 0 Å². The van der Waals surface area contributed by atoms with Gasteiger partial charge in [-0.15, -0.1) is 0 Å². The zero-order valence-corrected chi connectivity index (χ0v) is 12.4. The minimum Gasteiger partial charge on any atom is -0.482 e. The lowest BCUT2D eigenvalue weighted by atomic mass is 9.53. The van der Waals surface area contributed by atoms with Gasteiger partial charge in [-0.1, -0.05) is 18.2 Å². The van der Waals surface area contributed by atoms with E-state index < -0.39 is 6.10 Å². The number of aliphatic hydroxyl groups excluding tert-OH is 1. The molecule has 2 N–H and O–H groups in total. The van der Waals surface area contributed by atoms with E-state index in [0.717, 1.165) is 24.9 Å². The van der Waals surface area contributed by atoms with Crippen molar-refractivity contribution in [2.75, 3.05) is 13.6 Å². The summed E-state index contributed by atoms with van der Waals surface area (Å²) < 4.78 is 6.14. The Labute approximate surface area is 128 Å². The van der Waals surface area contributed by atoms with Crippen molar-refractivity contribution in [3.05, 3.63) is 35.4 Å². The van der Waals surface area contributed by atoms with Crippen LogP contribution in [0.25, 0.3) is 0 Å². The van der Waals surface area contributed by atoms with Crippen LogP contribution in [0.1, 0.15) is 17.5 Å². The fourth-order valence-electron chi connectivity index (χ4n) is 5.30. The Morgan fingerprint density at radius 1 is 1.36 bits per heavy atom. The van der Waals surface area contributed by atoms with E-state index in [2.05, 4.69) is 22.9 Å². The third-order valence-electron chi connectivity index (χ3n) is 6.23. The Hall–Kier alpha value is -1.56. The molecular formula is C17H19NO4. The maximum Gasteiger partial charge on any atom is 0.207 e. The molecular weight excluding hydrogens is 282 g/mol. The molecule has 2 aliphatic carbocycles. The zero-order chi connectivity index (χ0) is 15.1. The van der Waals surface area contributed by atoms with Crippen molar-refractivity contribution in [3.63, 3.8) is 0 Å². The van der Waals surface area contributed by atoms with E-state index in [9.17, 15) is 10.4 Å². The van der Waals surface area contributed by atoms with Crippen LogP contribution in [-0.2, 0) is 11.8 Å². The van der Waals surface area contributed by atoms with Gasteiger partial charge in [-0.3, -0.25) is 0 Å². The normalized spacial score (nSPS) is 41.0. The maximum absolute atomic E-state index is 10.5. The fourth-order valence-corrected chi connectivity index (χ4v) is 5.30. The molecule has 5 rings (SSSR count). The Balaban J connectivity index is 1.82. The summed E-state index contributed by atoms with van der Waals surface area (Å²) >= 11 is 0. The molecule has 5 nitrogen and oxygen atoms in total. The van der Waals surface area contributed by atoms with E-state index in [-0.39, 0.29) is 11.5 Å². The van der Waals surface area contributed by atoms with E-state index in [1.54, 1.807) is 6.07 Å². The van der Waals surface area contributed by atoms with Crippen LogP contribution in [0, 0.1) is 5.92 Å². The second-order valence-electron chi connectivity index (χ2n) is 7.00. The van der Waals surface area contributed by atoms with Crippen molar-refractivity contribution >= 4 is 0 Å². The van der Waals surface area contributed by atoms with Gasteiger partial charge in [0.05, 0.1) is 0 Å². The third kappa shape index (κ3) is 1.27. The first kappa shape index (κ1) is 12.9.